The van der Waals surface area contributed by atoms with E-state index in [-0.39, 0.29) is 0 Å². The van der Waals surface area contributed by atoms with Crippen LogP contribution in [0.15, 0.2) is 23.1 Å². The second-order valence-electron chi connectivity index (χ2n) is 5.12. The van der Waals surface area contributed by atoms with Crippen molar-refractivity contribution in [1.82, 2.24) is 5.32 Å². The van der Waals surface area contributed by atoms with E-state index >= 15 is 0 Å². The second kappa shape index (κ2) is 6.36. The Morgan fingerprint density at radius 1 is 1.44 bits per heavy atom. The summed E-state index contributed by atoms with van der Waals surface area (Å²) in [5.74, 6) is 1.87. The first-order valence-electron chi connectivity index (χ1n) is 6.69. The zero-order chi connectivity index (χ0) is 13.1. The van der Waals surface area contributed by atoms with Crippen LogP contribution in [0.1, 0.15) is 37.9 Å². The SMILES string of the molecule is CCNC1c2cc(SC)ccc2CSC1C(C)C. The summed E-state index contributed by atoms with van der Waals surface area (Å²) in [7, 11) is 0. The van der Waals surface area contributed by atoms with Crippen LogP contribution in [0.25, 0.3) is 0 Å². The minimum absolute atomic E-state index is 0.510. The Balaban J connectivity index is 2.37. The molecule has 0 radical (unpaired) electrons. The van der Waals surface area contributed by atoms with E-state index in [9.17, 15) is 0 Å². The van der Waals surface area contributed by atoms with E-state index < -0.39 is 0 Å². The van der Waals surface area contributed by atoms with Crippen molar-refractivity contribution in [2.24, 2.45) is 5.92 Å². The summed E-state index contributed by atoms with van der Waals surface area (Å²) in [6.07, 6.45) is 2.15. The topological polar surface area (TPSA) is 12.0 Å². The zero-order valence-electron chi connectivity index (χ0n) is 11.7. The minimum atomic E-state index is 0.510. The van der Waals surface area contributed by atoms with Crippen LogP contribution in [0.5, 0.6) is 0 Å². The molecule has 18 heavy (non-hydrogen) atoms. The van der Waals surface area contributed by atoms with Crippen LogP contribution in [0, 0.1) is 5.92 Å². The average molecular weight is 281 g/mol. The molecule has 0 amide bonds. The van der Waals surface area contributed by atoms with Gasteiger partial charge in [-0.25, -0.2) is 0 Å². The first-order chi connectivity index (χ1) is 8.67. The van der Waals surface area contributed by atoms with Gasteiger partial charge in [-0.15, -0.1) is 11.8 Å². The molecule has 3 heteroatoms. The van der Waals surface area contributed by atoms with E-state index in [1.807, 2.05) is 11.8 Å². The molecule has 0 spiro atoms. The Morgan fingerprint density at radius 3 is 2.83 bits per heavy atom. The Morgan fingerprint density at radius 2 is 2.22 bits per heavy atom. The number of thioether (sulfide) groups is 2. The molecule has 0 aliphatic carbocycles. The van der Waals surface area contributed by atoms with Crippen LogP contribution in [0.2, 0.25) is 0 Å². The summed E-state index contributed by atoms with van der Waals surface area (Å²) >= 11 is 3.94. The Kier molecular flexibility index (Phi) is 5.05. The molecule has 0 saturated carbocycles. The number of hydrogen-bond acceptors (Lipinski definition) is 3. The van der Waals surface area contributed by atoms with Gasteiger partial charge in [-0.1, -0.05) is 26.8 Å². The summed E-state index contributed by atoms with van der Waals surface area (Å²) in [5, 5.41) is 4.38. The van der Waals surface area contributed by atoms with Crippen molar-refractivity contribution in [3.05, 3.63) is 29.3 Å². The summed E-state index contributed by atoms with van der Waals surface area (Å²) in [6.45, 7) is 7.92. The average Bonchev–Trinajstić information content (AvgIpc) is 2.38. The lowest BCUT2D eigenvalue weighted by Crippen LogP contribution is -2.36. The maximum absolute atomic E-state index is 3.69. The van der Waals surface area contributed by atoms with Gasteiger partial charge in [-0.3, -0.25) is 0 Å². The van der Waals surface area contributed by atoms with Crippen LogP contribution < -0.4 is 5.32 Å². The number of hydrogen-bond donors (Lipinski definition) is 1. The van der Waals surface area contributed by atoms with Crippen LogP contribution in [-0.2, 0) is 5.75 Å². The van der Waals surface area contributed by atoms with E-state index in [4.69, 9.17) is 0 Å². The summed E-state index contributed by atoms with van der Waals surface area (Å²) in [6, 6.07) is 7.47. The van der Waals surface area contributed by atoms with Gasteiger partial charge in [-0.2, -0.15) is 11.8 Å². The number of benzene rings is 1. The highest BCUT2D eigenvalue weighted by atomic mass is 32.2. The van der Waals surface area contributed by atoms with Gasteiger partial charge in [0.15, 0.2) is 0 Å². The summed E-state index contributed by atoms with van der Waals surface area (Å²) in [4.78, 5) is 1.38. The van der Waals surface area contributed by atoms with Gasteiger partial charge >= 0.3 is 0 Å². The zero-order valence-corrected chi connectivity index (χ0v) is 13.3. The van der Waals surface area contributed by atoms with Crippen LogP contribution in [-0.4, -0.2) is 18.1 Å². The van der Waals surface area contributed by atoms with Gasteiger partial charge in [0, 0.05) is 21.9 Å². The summed E-state index contributed by atoms with van der Waals surface area (Å²) < 4.78 is 0. The highest BCUT2D eigenvalue weighted by Gasteiger charge is 2.31. The molecule has 0 fully saturated rings. The van der Waals surface area contributed by atoms with Crippen LogP contribution in [0.4, 0.5) is 0 Å². The fourth-order valence-corrected chi connectivity index (χ4v) is 4.51. The standard InChI is InChI=1S/C15H23NS2/c1-5-16-14-13-8-12(17-4)7-6-11(13)9-18-15(14)10(2)3/h6-8,10,14-16H,5,9H2,1-4H3. The number of rotatable bonds is 4. The third-order valence-corrected chi connectivity index (χ3v) is 5.93. The number of nitrogens with one attached hydrogen (secondary N) is 1. The van der Waals surface area contributed by atoms with Gasteiger partial charge in [0.2, 0.25) is 0 Å². The molecule has 2 atom stereocenters. The van der Waals surface area contributed by atoms with Gasteiger partial charge in [0.1, 0.15) is 0 Å². The molecule has 1 aromatic carbocycles. The third-order valence-electron chi connectivity index (χ3n) is 3.53. The molecule has 1 aromatic rings. The predicted molar refractivity (Wildman–Crippen MR) is 84.6 cm³/mol. The van der Waals surface area contributed by atoms with Gasteiger partial charge in [0.05, 0.1) is 0 Å². The van der Waals surface area contributed by atoms with Crippen molar-refractivity contribution in [3.63, 3.8) is 0 Å². The fraction of sp³-hybridized carbons (Fsp3) is 0.600. The van der Waals surface area contributed by atoms with E-state index in [2.05, 4.69) is 62.3 Å². The Hall–Kier alpha value is -0.120. The van der Waals surface area contributed by atoms with Crippen LogP contribution in [0.3, 0.4) is 0 Å². The molecule has 2 unspecified atom stereocenters. The molecule has 0 saturated heterocycles. The normalized spacial score (nSPS) is 23.2. The van der Waals surface area contributed by atoms with Gasteiger partial charge in [0.25, 0.3) is 0 Å². The smallest absolute Gasteiger partial charge is 0.0446 e. The second-order valence-corrected chi connectivity index (χ2v) is 7.17. The largest absolute Gasteiger partial charge is 0.309 e. The molecule has 1 heterocycles. The molecule has 0 bridgehead atoms. The summed E-state index contributed by atoms with van der Waals surface area (Å²) in [5.41, 5.74) is 3.04. The Labute approximate surface area is 120 Å². The van der Waals surface area contributed by atoms with E-state index in [0.717, 1.165) is 12.3 Å². The maximum atomic E-state index is 3.69. The highest BCUT2D eigenvalue weighted by molar-refractivity contribution is 7.99. The van der Waals surface area contributed by atoms with Gasteiger partial charge in [-0.05, 0) is 42.0 Å². The minimum Gasteiger partial charge on any atom is -0.309 e. The molecule has 1 N–H and O–H groups in total. The molecular formula is C15H23NS2. The quantitative estimate of drug-likeness (QED) is 0.825. The predicted octanol–water partition coefficient (Wildman–Crippen LogP) is 4.33. The van der Waals surface area contributed by atoms with Crippen molar-refractivity contribution in [1.29, 1.82) is 0 Å². The molecule has 1 nitrogen and oxygen atoms in total. The lowest BCUT2D eigenvalue weighted by molar-refractivity contribution is 0.446. The monoisotopic (exact) mass is 281 g/mol. The fourth-order valence-electron chi connectivity index (χ4n) is 2.60. The molecule has 100 valence electrons. The van der Waals surface area contributed by atoms with Crippen molar-refractivity contribution >= 4 is 23.5 Å². The molecule has 2 rings (SSSR count). The molecule has 1 aliphatic heterocycles. The number of fused-ring (bicyclic) bond motifs is 1. The van der Waals surface area contributed by atoms with Crippen molar-refractivity contribution in [2.45, 2.75) is 42.7 Å². The van der Waals surface area contributed by atoms with E-state index in [1.165, 1.54) is 16.0 Å². The first-order valence-corrected chi connectivity index (χ1v) is 8.96. The first kappa shape index (κ1) is 14.3. The van der Waals surface area contributed by atoms with Crippen molar-refractivity contribution in [3.8, 4) is 0 Å². The highest BCUT2D eigenvalue weighted by Crippen LogP contribution is 2.42. The lowest BCUT2D eigenvalue weighted by atomic mass is 9.92. The molecule has 0 aromatic heterocycles. The van der Waals surface area contributed by atoms with E-state index in [1.54, 1.807) is 0 Å². The van der Waals surface area contributed by atoms with Crippen molar-refractivity contribution in [2.75, 3.05) is 12.8 Å². The third kappa shape index (κ3) is 2.89. The lowest BCUT2D eigenvalue weighted by Gasteiger charge is -2.36. The maximum Gasteiger partial charge on any atom is 0.0446 e. The Bertz CT molecular complexity index is 403. The van der Waals surface area contributed by atoms with Crippen LogP contribution >= 0.6 is 23.5 Å². The molecular weight excluding hydrogens is 258 g/mol. The van der Waals surface area contributed by atoms with Gasteiger partial charge < -0.3 is 5.32 Å². The molecule has 1 aliphatic rings. The van der Waals surface area contributed by atoms with E-state index in [0.29, 0.717) is 17.2 Å². The van der Waals surface area contributed by atoms with Crippen molar-refractivity contribution < 1.29 is 0 Å².